The van der Waals surface area contributed by atoms with Crippen LogP contribution in [0.25, 0.3) is 0 Å². The van der Waals surface area contributed by atoms with Gasteiger partial charge in [0.15, 0.2) is 23.0 Å². The smallest absolute Gasteiger partial charge is 0.290 e. The Labute approximate surface area is 176 Å². The van der Waals surface area contributed by atoms with Gasteiger partial charge < -0.3 is 19.5 Å². The number of nitrogens with zero attached hydrogens (tertiary/aromatic N) is 1. The highest BCUT2D eigenvalue weighted by Crippen LogP contribution is 2.41. The fraction of sp³-hybridized carbons (Fsp3) is 0.333. The van der Waals surface area contributed by atoms with E-state index in [-0.39, 0.29) is 17.8 Å². The van der Waals surface area contributed by atoms with Crippen LogP contribution in [0.15, 0.2) is 59.9 Å². The van der Waals surface area contributed by atoms with Crippen molar-refractivity contribution in [3.8, 4) is 11.5 Å². The molecular weight excluding hydrogens is 382 g/mol. The zero-order chi connectivity index (χ0) is 21.7. The van der Waals surface area contributed by atoms with Gasteiger partial charge in [-0.25, -0.2) is 0 Å². The highest BCUT2D eigenvalue weighted by atomic mass is 16.5. The SMILES string of the molecule is CCCN1C(=O)C(O)=C(C(=O)CC)C1c1ccc(OC)c(OCc2ccccc2)c1. The predicted octanol–water partition coefficient (Wildman–Crippen LogP) is 4.36. The first kappa shape index (κ1) is 21.4. The first-order chi connectivity index (χ1) is 14.5. The van der Waals surface area contributed by atoms with Crippen LogP contribution < -0.4 is 9.47 Å². The Balaban J connectivity index is 1.99. The van der Waals surface area contributed by atoms with Crippen LogP contribution in [0.5, 0.6) is 11.5 Å². The summed E-state index contributed by atoms with van der Waals surface area (Å²) in [6, 6.07) is 14.4. The van der Waals surface area contributed by atoms with E-state index in [4.69, 9.17) is 9.47 Å². The Kier molecular flexibility index (Phi) is 6.77. The summed E-state index contributed by atoms with van der Waals surface area (Å²) in [6.07, 6.45) is 0.910. The Hall–Kier alpha value is -3.28. The van der Waals surface area contributed by atoms with Crippen molar-refractivity contribution in [1.82, 2.24) is 4.90 Å². The van der Waals surface area contributed by atoms with E-state index in [0.29, 0.717) is 36.6 Å². The van der Waals surface area contributed by atoms with Crippen LogP contribution in [0.2, 0.25) is 0 Å². The predicted molar refractivity (Wildman–Crippen MR) is 113 cm³/mol. The van der Waals surface area contributed by atoms with E-state index in [1.165, 1.54) is 0 Å². The summed E-state index contributed by atoms with van der Waals surface area (Å²) in [4.78, 5) is 26.8. The van der Waals surface area contributed by atoms with Crippen LogP contribution in [0, 0.1) is 0 Å². The van der Waals surface area contributed by atoms with Crippen molar-refractivity contribution >= 4 is 11.7 Å². The average molecular weight is 409 g/mol. The number of Topliss-reactive ketones (excluding diaryl/α,β-unsaturated/α-hetero) is 1. The molecule has 0 radical (unpaired) electrons. The van der Waals surface area contributed by atoms with E-state index in [0.717, 1.165) is 5.56 Å². The van der Waals surface area contributed by atoms with Gasteiger partial charge in [0.1, 0.15) is 6.61 Å². The number of carbonyl (C=O) groups is 2. The number of hydrogen-bond donors (Lipinski definition) is 1. The Morgan fingerprint density at radius 1 is 1.10 bits per heavy atom. The number of benzene rings is 2. The second-order valence-corrected chi connectivity index (χ2v) is 7.12. The highest BCUT2D eigenvalue weighted by Gasteiger charge is 2.42. The third kappa shape index (κ3) is 4.17. The minimum absolute atomic E-state index is 0.148. The van der Waals surface area contributed by atoms with Crippen molar-refractivity contribution in [1.29, 1.82) is 0 Å². The van der Waals surface area contributed by atoms with Crippen molar-refractivity contribution in [3.63, 3.8) is 0 Å². The van der Waals surface area contributed by atoms with Gasteiger partial charge in [0, 0.05) is 13.0 Å². The van der Waals surface area contributed by atoms with E-state index in [1.54, 1.807) is 37.1 Å². The maximum atomic E-state index is 12.6. The number of rotatable bonds is 9. The number of ether oxygens (including phenoxy) is 2. The average Bonchev–Trinajstić information content (AvgIpc) is 3.03. The van der Waals surface area contributed by atoms with Gasteiger partial charge in [0.05, 0.1) is 18.7 Å². The van der Waals surface area contributed by atoms with Gasteiger partial charge in [0.2, 0.25) is 0 Å². The maximum absolute atomic E-state index is 12.6. The molecule has 0 fully saturated rings. The van der Waals surface area contributed by atoms with Gasteiger partial charge in [-0.1, -0.05) is 50.2 Å². The first-order valence-electron chi connectivity index (χ1n) is 10.1. The lowest BCUT2D eigenvalue weighted by molar-refractivity contribution is -0.129. The van der Waals surface area contributed by atoms with E-state index < -0.39 is 17.7 Å². The number of aliphatic hydroxyl groups excluding tert-OH is 1. The summed E-state index contributed by atoms with van der Waals surface area (Å²) >= 11 is 0. The molecule has 0 bridgehead atoms. The van der Waals surface area contributed by atoms with Crippen molar-refractivity contribution in [3.05, 3.63) is 71.0 Å². The molecule has 2 aromatic carbocycles. The zero-order valence-electron chi connectivity index (χ0n) is 17.6. The van der Waals surface area contributed by atoms with E-state index in [1.807, 2.05) is 37.3 Å². The molecule has 0 spiro atoms. The van der Waals surface area contributed by atoms with Crippen molar-refractivity contribution < 1.29 is 24.2 Å². The van der Waals surface area contributed by atoms with Crippen LogP contribution in [0.4, 0.5) is 0 Å². The van der Waals surface area contributed by atoms with E-state index in [9.17, 15) is 14.7 Å². The van der Waals surface area contributed by atoms with Gasteiger partial charge in [-0.15, -0.1) is 0 Å². The molecule has 2 aromatic rings. The lowest BCUT2D eigenvalue weighted by Gasteiger charge is -2.27. The van der Waals surface area contributed by atoms with Gasteiger partial charge in [-0.3, -0.25) is 9.59 Å². The maximum Gasteiger partial charge on any atom is 0.290 e. The molecule has 6 heteroatoms. The number of ketones is 1. The largest absolute Gasteiger partial charge is 0.503 e. The second kappa shape index (κ2) is 9.48. The zero-order valence-corrected chi connectivity index (χ0v) is 17.6. The number of carbonyl (C=O) groups excluding carboxylic acids is 2. The van der Waals surface area contributed by atoms with Crippen LogP contribution >= 0.6 is 0 Å². The standard InChI is InChI=1S/C24H27NO5/c1-4-13-25-22(21(18(26)5-2)23(27)24(25)28)17-11-12-19(29-3)20(14-17)30-15-16-9-7-6-8-10-16/h6-12,14,22,27H,4-5,13,15H2,1-3H3. The lowest BCUT2D eigenvalue weighted by Crippen LogP contribution is -2.31. The monoisotopic (exact) mass is 409 g/mol. The molecule has 0 aliphatic carbocycles. The molecule has 1 amide bonds. The van der Waals surface area contributed by atoms with Crippen molar-refractivity contribution in [2.75, 3.05) is 13.7 Å². The minimum atomic E-state index is -0.644. The third-order valence-corrected chi connectivity index (χ3v) is 5.13. The number of aliphatic hydroxyl groups is 1. The molecule has 1 atom stereocenters. The Morgan fingerprint density at radius 2 is 1.83 bits per heavy atom. The summed E-state index contributed by atoms with van der Waals surface area (Å²) in [5.41, 5.74) is 1.85. The Morgan fingerprint density at radius 3 is 2.47 bits per heavy atom. The molecule has 1 aliphatic heterocycles. The normalized spacial score (nSPS) is 16.2. The fourth-order valence-corrected chi connectivity index (χ4v) is 3.66. The van der Waals surface area contributed by atoms with E-state index in [2.05, 4.69) is 0 Å². The van der Waals surface area contributed by atoms with Gasteiger partial charge in [0.25, 0.3) is 5.91 Å². The molecule has 0 saturated carbocycles. The fourth-order valence-electron chi connectivity index (χ4n) is 3.66. The number of amides is 1. The minimum Gasteiger partial charge on any atom is -0.503 e. The third-order valence-electron chi connectivity index (χ3n) is 5.13. The quantitative estimate of drug-likeness (QED) is 0.666. The summed E-state index contributed by atoms with van der Waals surface area (Å²) in [6.45, 7) is 4.45. The molecule has 3 rings (SSSR count). The molecule has 0 saturated heterocycles. The molecule has 6 nitrogen and oxygen atoms in total. The van der Waals surface area contributed by atoms with E-state index >= 15 is 0 Å². The summed E-state index contributed by atoms with van der Waals surface area (Å²) in [7, 11) is 1.56. The molecular formula is C24H27NO5. The van der Waals surface area contributed by atoms with Crippen molar-refractivity contribution in [2.45, 2.75) is 39.3 Å². The molecule has 1 aliphatic rings. The van der Waals surface area contributed by atoms with Crippen LogP contribution in [-0.4, -0.2) is 35.4 Å². The molecule has 1 unspecified atom stereocenters. The van der Waals surface area contributed by atoms with Gasteiger partial charge >= 0.3 is 0 Å². The summed E-state index contributed by atoms with van der Waals surface area (Å²) in [5.74, 6) is -0.147. The van der Waals surface area contributed by atoms with Crippen LogP contribution in [0.3, 0.4) is 0 Å². The van der Waals surface area contributed by atoms with Gasteiger partial charge in [-0.2, -0.15) is 0 Å². The number of methoxy groups -OCH3 is 1. The molecule has 0 aromatic heterocycles. The topological polar surface area (TPSA) is 76.1 Å². The summed E-state index contributed by atoms with van der Waals surface area (Å²) < 4.78 is 11.4. The second-order valence-electron chi connectivity index (χ2n) is 7.12. The molecule has 158 valence electrons. The van der Waals surface area contributed by atoms with Crippen LogP contribution in [0.1, 0.15) is 43.9 Å². The summed E-state index contributed by atoms with van der Waals surface area (Å²) in [5, 5.41) is 10.4. The van der Waals surface area contributed by atoms with Crippen molar-refractivity contribution in [2.24, 2.45) is 0 Å². The first-order valence-corrected chi connectivity index (χ1v) is 10.1. The number of hydrogen-bond acceptors (Lipinski definition) is 5. The van der Waals surface area contributed by atoms with Crippen LogP contribution in [-0.2, 0) is 16.2 Å². The highest BCUT2D eigenvalue weighted by molar-refractivity contribution is 6.08. The molecule has 1 N–H and O–H groups in total. The molecule has 1 heterocycles. The Bertz CT molecular complexity index is 951. The lowest BCUT2D eigenvalue weighted by atomic mass is 9.94. The molecule has 30 heavy (non-hydrogen) atoms. The van der Waals surface area contributed by atoms with Gasteiger partial charge in [-0.05, 0) is 29.7 Å².